The summed E-state index contributed by atoms with van der Waals surface area (Å²) in [6.07, 6.45) is 4.67. The number of amides is 6. The number of carbonyl (C=O) groups is 5. The summed E-state index contributed by atoms with van der Waals surface area (Å²) >= 11 is 0. The quantitative estimate of drug-likeness (QED) is 0.230. The van der Waals surface area contributed by atoms with Crippen molar-refractivity contribution in [2.75, 3.05) is 20.2 Å². The van der Waals surface area contributed by atoms with E-state index >= 15 is 0 Å². The van der Waals surface area contributed by atoms with E-state index in [9.17, 15) is 24.0 Å². The number of primary amides is 1. The zero-order valence-corrected chi connectivity index (χ0v) is 29.3. The zero-order valence-electron chi connectivity index (χ0n) is 29.3. The van der Waals surface area contributed by atoms with Gasteiger partial charge in [0.1, 0.15) is 18.7 Å². The highest BCUT2D eigenvalue weighted by atomic mass is 16.5. The van der Waals surface area contributed by atoms with Crippen LogP contribution >= 0.6 is 0 Å². The monoisotopic (exact) mass is 666 g/mol. The van der Waals surface area contributed by atoms with Crippen molar-refractivity contribution in [1.29, 1.82) is 0 Å². The van der Waals surface area contributed by atoms with Crippen LogP contribution in [0.25, 0.3) is 0 Å². The summed E-state index contributed by atoms with van der Waals surface area (Å²) in [6.45, 7) is 10.4. The van der Waals surface area contributed by atoms with Crippen molar-refractivity contribution < 1.29 is 28.7 Å². The van der Waals surface area contributed by atoms with E-state index in [1.165, 1.54) is 7.05 Å². The van der Waals surface area contributed by atoms with Crippen LogP contribution in [0.1, 0.15) is 77.8 Å². The Morgan fingerprint density at radius 1 is 1.02 bits per heavy atom. The second-order valence-electron chi connectivity index (χ2n) is 16.1. The molecule has 1 aromatic rings. The Morgan fingerprint density at radius 3 is 2.21 bits per heavy atom. The van der Waals surface area contributed by atoms with E-state index in [0.29, 0.717) is 31.7 Å². The number of nitrogens with zero attached hydrogens (tertiary/aromatic N) is 1. The largest absolute Gasteiger partial charge is 0.447 e. The number of rotatable bonds is 12. The van der Waals surface area contributed by atoms with E-state index < -0.39 is 41.6 Å². The Morgan fingerprint density at radius 2 is 1.67 bits per heavy atom. The molecule has 0 spiro atoms. The first-order valence-corrected chi connectivity index (χ1v) is 17.5. The van der Waals surface area contributed by atoms with Gasteiger partial charge in [-0.1, -0.05) is 78.1 Å². The van der Waals surface area contributed by atoms with Gasteiger partial charge in [0.2, 0.25) is 17.7 Å². The van der Waals surface area contributed by atoms with Crippen molar-refractivity contribution in [3.63, 3.8) is 0 Å². The average molecular weight is 667 g/mol. The molecule has 0 aromatic heterocycles. The molecule has 264 valence electrons. The van der Waals surface area contributed by atoms with E-state index in [0.717, 1.165) is 30.4 Å². The van der Waals surface area contributed by atoms with E-state index in [2.05, 4.69) is 35.1 Å². The molecule has 1 heterocycles. The van der Waals surface area contributed by atoms with Gasteiger partial charge in [-0.25, -0.2) is 9.59 Å². The molecule has 0 radical (unpaired) electrons. The number of nitrogens with one attached hydrogen (secondary N) is 4. The van der Waals surface area contributed by atoms with Crippen LogP contribution < -0.4 is 27.0 Å². The third kappa shape index (κ3) is 7.73. The van der Waals surface area contributed by atoms with Crippen molar-refractivity contribution in [2.45, 2.75) is 104 Å². The first-order valence-electron chi connectivity index (χ1n) is 17.5. The average Bonchev–Trinajstić information content (AvgIpc) is 3.35. The number of hydrogen-bond acceptors (Lipinski definition) is 6. The fourth-order valence-electron chi connectivity index (χ4n) is 8.14. The van der Waals surface area contributed by atoms with Gasteiger partial charge < -0.3 is 36.6 Å². The van der Waals surface area contributed by atoms with E-state index in [1.807, 2.05) is 45.0 Å². The third-order valence-corrected chi connectivity index (χ3v) is 11.4. The van der Waals surface area contributed by atoms with Gasteiger partial charge in [0.25, 0.3) is 0 Å². The highest BCUT2D eigenvalue weighted by Gasteiger charge is 2.69. The Labute approximate surface area is 284 Å². The second-order valence-corrected chi connectivity index (χ2v) is 16.1. The summed E-state index contributed by atoms with van der Waals surface area (Å²) in [5.41, 5.74) is 7.28. The zero-order chi connectivity index (χ0) is 35.0. The Balaban J connectivity index is 1.37. The fourth-order valence-corrected chi connectivity index (χ4v) is 8.14. The molecule has 6 amide bonds. The van der Waals surface area contributed by atoms with Gasteiger partial charge in [0.05, 0.1) is 6.04 Å². The van der Waals surface area contributed by atoms with Crippen LogP contribution in [0.15, 0.2) is 24.3 Å². The summed E-state index contributed by atoms with van der Waals surface area (Å²) in [4.78, 5) is 67.9. The molecule has 6 N–H and O–H groups in total. The third-order valence-electron chi connectivity index (χ3n) is 11.4. The molecule has 12 heteroatoms. The molecule has 2 unspecified atom stereocenters. The lowest BCUT2D eigenvalue weighted by atomic mass is 9.80. The first kappa shape index (κ1) is 35.5. The molecular weight excluding hydrogens is 612 g/mol. The van der Waals surface area contributed by atoms with Crippen LogP contribution in [0.3, 0.4) is 0 Å². The molecule has 0 bridgehead atoms. The maximum Gasteiger partial charge on any atom is 0.406 e. The van der Waals surface area contributed by atoms with Crippen LogP contribution in [0.5, 0.6) is 0 Å². The first-order chi connectivity index (χ1) is 22.6. The van der Waals surface area contributed by atoms with Crippen LogP contribution in [0.2, 0.25) is 0 Å². The number of fused-ring (bicyclic) bond motifs is 2. The van der Waals surface area contributed by atoms with Gasteiger partial charge in [-0.3, -0.25) is 14.4 Å². The maximum absolute atomic E-state index is 14.7. The number of ether oxygens (including phenoxy) is 1. The molecule has 48 heavy (non-hydrogen) atoms. The van der Waals surface area contributed by atoms with Crippen molar-refractivity contribution >= 4 is 29.8 Å². The van der Waals surface area contributed by atoms with E-state index in [4.69, 9.17) is 10.5 Å². The molecule has 4 aliphatic rings. The Bertz CT molecular complexity index is 1380. The predicted octanol–water partition coefficient (Wildman–Crippen LogP) is 2.87. The van der Waals surface area contributed by atoms with Crippen LogP contribution in [-0.2, 0) is 32.0 Å². The maximum atomic E-state index is 14.7. The fraction of sp³-hybridized carbons (Fsp3) is 0.694. The lowest BCUT2D eigenvalue weighted by molar-refractivity contribution is -0.143. The van der Waals surface area contributed by atoms with Gasteiger partial charge >= 0.3 is 12.1 Å². The van der Waals surface area contributed by atoms with Crippen LogP contribution in [-0.4, -0.2) is 79.1 Å². The van der Waals surface area contributed by atoms with E-state index in [-0.39, 0.29) is 54.1 Å². The van der Waals surface area contributed by atoms with E-state index in [1.54, 1.807) is 4.90 Å². The number of carbonyl (C=O) groups excluding carboxylic acids is 5. The summed E-state index contributed by atoms with van der Waals surface area (Å²) in [5.74, 6) is -0.646. The molecule has 12 nitrogen and oxygen atoms in total. The van der Waals surface area contributed by atoms with Crippen molar-refractivity contribution in [3.05, 3.63) is 35.4 Å². The second kappa shape index (κ2) is 14.0. The normalized spacial score (nSPS) is 24.6. The minimum atomic E-state index is -0.898. The number of hydrogen-bond donors (Lipinski definition) is 5. The molecule has 1 aromatic carbocycles. The molecule has 1 saturated heterocycles. The highest BCUT2D eigenvalue weighted by molar-refractivity contribution is 5.94. The number of nitrogens with two attached hydrogens (primary N) is 1. The molecular formula is C36H54N6O6. The number of piperidine rings is 1. The van der Waals surface area contributed by atoms with Crippen molar-refractivity contribution in [1.82, 2.24) is 26.2 Å². The summed E-state index contributed by atoms with van der Waals surface area (Å²) in [6, 6.07) is 4.97. The minimum absolute atomic E-state index is 0.0261. The highest BCUT2D eigenvalue weighted by Crippen LogP contribution is 2.65. The van der Waals surface area contributed by atoms with Gasteiger partial charge in [-0.05, 0) is 64.9 Å². The van der Waals surface area contributed by atoms with Gasteiger partial charge in [0.15, 0.2) is 0 Å². The predicted molar refractivity (Wildman–Crippen MR) is 180 cm³/mol. The number of benzene rings is 1. The molecule has 6 atom stereocenters. The number of likely N-dealkylation sites (tertiary alicyclic amines) is 1. The summed E-state index contributed by atoms with van der Waals surface area (Å²) < 4.78 is 5.28. The SMILES string of the molecule is CNC(=O)OC[C@@H](NC(=O)N[C@H](C(=O)N1C[C@H]2[C@@H](C1C(=O)NC(CC(N)=O)CC1CCC1)C2(C)C)C1Cc2ccccc2C1)C(C)(C)C. The number of urea groups is 1. The molecule has 2 saturated carbocycles. The van der Waals surface area contributed by atoms with Crippen LogP contribution in [0, 0.1) is 34.5 Å². The molecule has 5 rings (SSSR count). The summed E-state index contributed by atoms with van der Waals surface area (Å²) in [5, 5.41) is 11.5. The summed E-state index contributed by atoms with van der Waals surface area (Å²) in [7, 11) is 1.47. The standard InChI is InChI=1S/C36H54N6O6/c1-35(2,3)26(19-48-34(47)38-6)40-33(46)41-29(23-15-21-12-7-8-13-22(21)16-23)32(45)42-18-25-28(36(25,4)5)30(42)31(44)39-24(17-27(37)43)14-20-10-9-11-20/h7-8,12-13,20,23-26,28-30H,9-11,14-19H2,1-6H3,(H2,37,43)(H,38,47)(H,39,44)(H2,40,41,46)/t24?,25-,26+,28-,29-,30?/m0/s1. The smallest absolute Gasteiger partial charge is 0.406 e. The topological polar surface area (TPSA) is 172 Å². The van der Waals surface area contributed by atoms with Crippen LogP contribution in [0.4, 0.5) is 9.59 Å². The van der Waals surface area contributed by atoms with Gasteiger partial charge in [-0.2, -0.15) is 0 Å². The number of alkyl carbamates (subject to hydrolysis) is 1. The Kier molecular flexibility index (Phi) is 10.3. The van der Waals surface area contributed by atoms with Crippen molar-refractivity contribution in [3.8, 4) is 0 Å². The molecule has 1 aliphatic heterocycles. The minimum Gasteiger partial charge on any atom is -0.447 e. The van der Waals surface area contributed by atoms with Gasteiger partial charge in [0, 0.05) is 26.1 Å². The van der Waals surface area contributed by atoms with Crippen molar-refractivity contribution in [2.24, 2.45) is 40.2 Å². The lowest BCUT2D eigenvalue weighted by Crippen LogP contribution is -2.61. The molecule has 3 fully saturated rings. The van der Waals surface area contributed by atoms with Gasteiger partial charge in [-0.15, -0.1) is 0 Å². The lowest BCUT2D eigenvalue weighted by Gasteiger charge is -2.37. The molecule has 3 aliphatic carbocycles. The Hall–Kier alpha value is -3.83.